The molecule has 104 valence electrons. The summed E-state index contributed by atoms with van der Waals surface area (Å²) in [6.07, 6.45) is 0.907. The lowest BCUT2D eigenvalue weighted by atomic mass is 10.1. The van der Waals surface area contributed by atoms with Crippen molar-refractivity contribution in [2.75, 3.05) is 11.9 Å². The quantitative estimate of drug-likeness (QED) is 0.836. The van der Waals surface area contributed by atoms with Gasteiger partial charge in [0, 0.05) is 28.6 Å². The minimum Gasteiger partial charge on any atom is -0.493 e. The average Bonchev–Trinajstić information content (AvgIpc) is 2.85. The van der Waals surface area contributed by atoms with Crippen LogP contribution in [-0.4, -0.2) is 6.61 Å². The number of halogens is 3. The molecule has 0 saturated carbocycles. The Labute approximate surface area is 132 Å². The summed E-state index contributed by atoms with van der Waals surface area (Å²) in [4.78, 5) is 0. The molecule has 1 heterocycles. The molecule has 0 radical (unpaired) electrons. The molecule has 0 fully saturated rings. The highest BCUT2D eigenvalue weighted by atomic mass is 35.5. The van der Waals surface area contributed by atoms with Crippen molar-refractivity contribution in [3.05, 3.63) is 56.5 Å². The lowest BCUT2D eigenvalue weighted by molar-refractivity contribution is 0.354. The van der Waals surface area contributed by atoms with E-state index < -0.39 is 0 Å². The van der Waals surface area contributed by atoms with Crippen molar-refractivity contribution < 1.29 is 4.74 Å². The van der Waals surface area contributed by atoms with Crippen molar-refractivity contribution in [2.24, 2.45) is 0 Å². The first-order chi connectivity index (χ1) is 9.63. The Morgan fingerprint density at radius 3 is 2.70 bits per heavy atom. The fourth-order valence-electron chi connectivity index (χ4n) is 2.30. The van der Waals surface area contributed by atoms with Crippen LogP contribution in [0.3, 0.4) is 0 Å². The molecule has 1 N–H and O–H groups in total. The predicted molar refractivity (Wildman–Crippen MR) is 84.4 cm³/mol. The predicted octanol–water partition coefficient (Wildman–Crippen LogP) is 5.19. The van der Waals surface area contributed by atoms with Crippen molar-refractivity contribution in [1.82, 2.24) is 0 Å². The summed E-state index contributed by atoms with van der Waals surface area (Å²) in [7, 11) is 0. The summed E-state index contributed by atoms with van der Waals surface area (Å²) in [5.74, 6) is 0.937. The third-order valence-corrected chi connectivity index (χ3v) is 3.99. The summed E-state index contributed by atoms with van der Waals surface area (Å²) >= 11 is 18.2. The summed E-state index contributed by atoms with van der Waals surface area (Å²) in [6.45, 7) is 1.31. The Morgan fingerprint density at radius 1 is 1.05 bits per heavy atom. The van der Waals surface area contributed by atoms with Crippen LogP contribution in [0, 0.1) is 0 Å². The van der Waals surface area contributed by atoms with Crippen molar-refractivity contribution in [1.29, 1.82) is 0 Å². The standard InChI is InChI=1S/C15H12Cl3NO/c16-11-1-2-14(13(18)7-11)19-8-10-6-12(17)5-9-3-4-20-15(9)10/h1-2,5-7,19H,3-4,8H2. The summed E-state index contributed by atoms with van der Waals surface area (Å²) < 4.78 is 5.67. The van der Waals surface area contributed by atoms with Gasteiger partial charge in [-0.05, 0) is 35.9 Å². The molecule has 1 aliphatic rings. The van der Waals surface area contributed by atoms with E-state index in [-0.39, 0.29) is 0 Å². The van der Waals surface area contributed by atoms with Gasteiger partial charge in [0.25, 0.3) is 0 Å². The molecule has 0 aromatic heterocycles. The fraction of sp³-hybridized carbons (Fsp3) is 0.200. The van der Waals surface area contributed by atoms with Crippen molar-refractivity contribution in [3.63, 3.8) is 0 Å². The second-order valence-electron chi connectivity index (χ2n) is 4.63. The first kappa shape index (κ1) is 13.9. The Kier molecular flexibility index (Phi) is 3.97. The Morgan fingerprint density at radius 2 is 1.90 bits per heavy atom. The highest BCUT2D eigenvalue weighted by molar-refractivity contribution is 6.36. The maximum absolute atomic E-state index is 6.14. The lowest BCUT2D eigenvalue weighted by Crippen LogP contribution is -2.02. The fourth-order valence-corrected chi connectivity index (χ4v) is 3.04. The first-order valence-electron chi connectivity index (χ1n) is 6.26. The lowest BCUT2D eigenvalue weighted by Gasteiger charge is -2.12. The number of anilines is 1. The zero-order chi connectivity index (χ0) is 14.1. The monoisotopic (exact) mass is 327 g/mol. The maximum atomic E-state index is 6.14. The molecule has 0 bridgehead atoms. The van der Waals surface area contributed by atoms with Gasteiger partial charge < -0.3 is 10.1 Å². The number of rotatable bonds is 3. The molecule has 3 rings (SSSR count). The van der Waals surface area contributed by atoms with Crippen LogP contribution in [0.5, 0.6) is 5.75 Å². The van der Waals surface area contributed by atoms with Crippen LogP contribution in [0.1, 0.15) is 11.1 Å². The highest BCUT2D eigenvalue weighted by Gasteiger charge is 2.17. The van der Waals surface area contributed by atoms with Crippen LogP contribution < -0.4 is 10.1 Å². The van der Waals surface area contributed by atoms with E-state index in [9.17, 15) is 0 Å². The van der Waals surface area contributed by atoms with E-state index in [0.717, 1.165) is 34.0 Å². The molecule has 2 nitrogen and oxygen atoms in total. The van der Waals surface area contributed by atoms with Crippen LogP contribution >= 0.6 is 34.8 Å². The molecule has 0 spiro atoms. The van der Waals surface area contributed by atoms with Gasteiger partial charge in [0.1, 0.15) is 5.75 Å². The van der Waals surface area contributed by atoms with Gasteiger partial charge in [0.2, 0.25) is 0 Å². The van der Waals surface area contributed by atoms with Crippen LogP contribution in [0.15, 0.2) is 30.3 Å². The molecule has 2 aromatic carbocycles. The van der Waals surface area contributed by atoms with Gasteiger partial charge in [-0.1, -0.05) is 34.8 Å². The van der Waals surface area contributed by atoms with Crippen LogP contribution in [0.25, 0.3) is 0 Å². The molecular formula is C15H12Cl3NO. The van der Waals surface area contributed by atoms with Gasteiger partial charge in [-0.3, -0.25) is 0 Å². The number of nitrogens with one attached hydrogen (secondary N) is 1. The molecule has 1 aliphatic heterocycles. The molecule has 20 heavy (non-hydrogen) atoms. The van der Waals surface area contributed by atoms with Crippen LogP contribution in [-0.2, 0) is 13.0 Å². The Bertz CT molecular complexity index is 658. The highest BCUT2D eigenvalue weighted by Crippen LogP contribution is 2.34. The topological polar surface area (TPSA) is 21.3 Å². The summed E-state index contributed by atoms with van der Waals surface area (Å²) in [5.41, 5.74) is 3.04. The molecule has 0 unspecified atom stereocenters. The largest absolute Gasteiger partial charge is 0.493 e. The van der Waals surface area contributed by atoms with E-state index in [2.05, 4.69) is 5.32 Å². The van der Waals surface area contributed by atoms with E-state index in [1.165, 1.54) is 0 Å². The third kappa shape index (κ3) is 2.83. The van der Waals surface area contributed by atoms with Crippen LogP contribution in [0.4, 0.5) is 5.69 Å². The van der Waals surface area contributed by atoms with Gasteiger partial charge in [-0.25, -0.2) is 0 Å². The number of hydrogen-bond donors (Lipinski definition) is 1. The zero-order valence-electron chi connectivity index (χ0n) is 10.6. The number of ether oxygens (including phenoxy) is 1. The van der Waals surface area contributed by atoms with E-state index in [4.69, 9.17) is 39.5 Å². The van der Waals surface area contributed by atoms with Gasteiger partial charge in [0.15, 0.2) is 0 Å². The van der Waals surface area contributed by atoms with Gasteiger partial charge >= 0.3 is 0 Å². The average molecular weight is 329 g/mol. The van der Waals surface area contributed by atoms with E-state index in [0.29, 0.717) is 23.2 Å². The normalized spacial score (nSPS) is 12.9. The second kappa shape index (κ2) is 5.72. The van der Waals surface area contributed by atoms with Crippen molar-refractivity contribution in [2.45, 2.75) is 13.0 Å². The molecule has 2 aromatic rings. The third-order valence-electron chi connectivity index (χ3n) is 3.23. The maximum Gasteiger partial charge on any atom is 0.127 e. The zero-order valence-corrected chi connectivity index (χ0v) is 12.8. The molecule has 0 amide bonds. The summed E-state index contributed by atoms with van der Waals surface area (Å²) in [5, 5.41) is 5.23. The second-order valence-corrected chi connectivity index (χ2v) is 5.91. The molecular weight excluding hydrogens is 317 g/mol. The summed E-state index contributed by atoms with van der Waals surface area (Å²) in [6, 6.07) is 9.25. The van der Waals surface area contributed by atoms with Gasteiger partial charge in [-0.15, -0.1) is 0 Å². The SMILES string of the molecule is Clc1ccc(NCc2cc(Cl)cc3c2OCC3)c(Cl)c1. The number of fused-ring (bicyclic) bond motifs is 1. The number of benzene rings is 2. The van der Waals surface area contributed by atoms with E-state index in [1.807, 2.05) is 18.2 Å². The van der Waals surface area contributed by atoms with Gasteiger partial charge in [0.05, 0.1) is 17.3 Å². The Balaban J connectivity index is 1.82. The smallest absolute Gasteiger partial charge is 0.127 e. The molecule has 0 saturated heterocycles. The van der Waals surface area contributed by atoms with Gasteiger partial charge in [-0.2, -0.15) is 0 Å². The Hall–Kier alpha value is -1.09. The van der Waals surface area contributed by atoms with Crippen LogP contribution in [0.2, 0.25) is 15.1 Å². The first-order valence-corrected chi connectivity index (χ1v) is 7.40. The minimum atomic E-state index is 0.595. The minimum absolute atomic E-state index is 0.595. The van der Waals surface area contributed by atoms with E-state index in [1.54, 1.807) is 12.1 Å². The molecule has 0 aliphatic carbocycles. The van der Waals surface area contributed by atoms with Crippen molar-refractivity contribution >= 4 is 40.5 Å². The molecule has 5 heteroatoms. The number of hydrogen-bond acceptors (Lipinski definition) is 2. The van der Waals surface area contributed by atoms with E-state index >= 15 is 0 Å². The molecule has 0 atom stereocenters. The van der Waals surface area contributed by atoms with Crippen molar-refractivity contribution in [3.8, 4) is 5.75 Å².